The van der Waals surface area contributed by atoms with Crippen molar-refractivity contribution in [1.82, 2.24) is 15.0 Å². The van der Waals surface area contributed by atoms with Crippen molar-refractivity contribution in [3.8, 4) is 11.4 Å². The summed E-state index contributed by atoms with van der Waals surface area (Å²) in [5.41, 5.74) is 1.80. The van der Waals surface area contributed by atoms with Crippen molar-refractivity contribution in [1.29, 1.82) is 0 Å². The Hall–Kier alpha value is -2.54. The molecular weight excluding hydrogens is 397 g/mol. The second-order valence-electron chi connectivity index (χ2n) is 6.81. The molecule has 1 aromatic carbocycles. The van der Waals surface area contributed by atoms with Crippen molar-refractivity contribution in [2.24, 2.45) is 0 Å². The van der Waals surface area contributed by atoms with E-state index in [1.165, 1.54) is 6.07 Å². The molecule has 0 fully saturated rings. The van der Waals surface area contributed by atoms with Crippen molar-refractivity contribution in [3.63, 3.8) is 0 Å². The highest BCUT2D eigenvalue weighted by Crippen LogP contribution is 2.25. The van der Waals surface area contributed by atoms with Crippen LogP contribution in [0.25, 0.3) is 11.4 Å². The fourth-order valence-corrected chi connectivity index (χ4v) is 2.52. The van der Waals surface area contributed by atoms with Gasteiger partial charge < -0.3 is 10.6 Å². The van der Waals surface area contributed by atoms with E-state index in [0.717, 1.165) is 5.69 Å². The van der Waals surface area contributed by atoms with Gasteiger partial charge in [0.15, 0.2) is 0 Å². The minimum atomic E-state index is -0.345. The minimum absolute atomic E-state index is 0.205. The molecule has 2 heterocycles. The summed E-state index contributed by atoms with van der Waals surface area (Å²) in [6.45, 7) is 6.09. The third kappa shape index (κ3) is 4.76. The van der Waals surface area contributed by atoms with E-state index in [-0.39, 0.29) is 11.4 Å². The molecule has 3 rings (SSSR count). The molecule has 2 N–H and O–H groups in total. The normalized spacial score (nSPS) is 11.3. The van der Waals surface area contributed by atoms with Crippen LogP contribution in [0.5, 0.6) is 0 Å². The number of anilines is 3. The molecule has 0 aliphatic carbocycles. The number of nitrogens with one attached hydrogen (secondary N) is 2. The smallest absolute Gasteiger partial charge is 0.225 e. The highest BCUT2D eigenvalue weighted by molar-refractivity contribution is 9.10. The first kappa shape index (κ1) is 18.3. The zero-order valence-electron chi connectivity index (χ0n) is 14.7. The first-order valence-electron chi connectivity index (χ1n) is 8.11. The fraction of sp³-hybridized carbons (Fsp3) is 0.211. The van der Waals surface area contributed by atoms with E-state index in [1.54, 1.807) is 24.4 Å². The lowest BCUT2D eigenvalue weighted by Gasteiger charge is -2.21. The van der Waals surface area contributed by atoms with Gasteiger partial charge in [-0.3, -0.25) is 4.98 Å². The lowest BCUT2D eigenvalue weighted by atomic mass is 10.1. The van der Waals surface area contributed by atoms with Crippen molar-refractivity contribution in [2.45, 2.75) is 26.3 Å². The van der Waals surface area contributed by atoms with E-state index < -0.39 is 0 Å². The molecule has 0 spiro atoms. The van der Waals surface area contributed by atoms with Gasteiger partial charge in [-0.15, -0.1) is 0 Å². The molecule has 0 saturated carbocycles. The Kier molecular flexibility index (Phi) is 5.18. The number of hydrogen-bond acceptors (Lipinski definition) is 5. The SMILES string of the molecule is CC(C)(C)Nc1nc(Nc2ccc(Br)c(F)c2)cc(-c2ccccn2)n1. The lowest BCUT2D eigenvalue weighted by molar-refractivity contribution is 0.622. The van der Waals surface area contributed by atoms with Crippen LogP contribution in [-0.2, 0) is 0 Å². The summed E-state index contributed by atoms with van der Waals surface area (Å²) >= 11 is 3.15. The molecule has 134 valence electrons. The molecule has 0 aliphatic heterocycles. The van der Waals surface area contributed by atoms with E-state index in [9.17, 15) is 4.39 Å². The third-order valence-electron chi connectivity index (χ3n) is 3.33. The summed E-state index contributed by atoms with van der Waals surface area (Å²) in [7, 11) is 0. The quantitative estimate of drug-likeness (QED) is 0.597. The van der Waals surface area contributed by atoms with Crippen LogP contribution >= 0.6 is 15.9 Å². The lowest BCUT2D eigenvalue weighted by Crippen LogP contribution is -2.27. The van der Waals surface area contributed by atoms with E-state index in [0.29, 0.717) is 27.6 Å². The number of hydrogen-bond donors (Lipinski definition) is 2. The van der Waals surface area contributed by atoms with E-state index >= 15 is 0 Å². The maximum atomic E-state index is 13.8. The van der Waals surface area contributed by atoms with Crippen molar-refractivity contribution < 1.29 is 4.39 Å². The van der Waals surface area contributed by atoms with Gasteiger partial charge in [-0.25, -0.2) is 9.37 Å². The van der Waals surface area contributed by atoms with Gasteiger partial charge in [-0.1, -0.05) is 6.07 Å². The fourth-order valence-electron chi connectivity index (χ4n) is 2.27. The predicted molar refractivity (Wildman–Crippen MR) is 106 cm³/mol. The molecule has 3 aromatic rings. The van der Waals surface area contributed by atoms with Crippen LogP contribution in [-0.4, -0.2) is 20.5 Å². The van der Waals surface area contributed by atoms with Gasteiger partial charge in [0.1, 0.15) is 11.6 Å². The van der Waals surface area contributed by atoms with Crippen LogP contribution in [0.2, 0.25) is 0 Å². The second kappa shape index (κ2) is 7.37. The average Bonchev–Trinajstić information content (AvgIpc) is 2.57. The molecule has 0 amide bonds. The van der Waals surface area contributed by atoms with Crippen LogP contribution in [0.3, 0.4) is 0 Å². The van der Waals surface area contributed by atoms with E-state index in [4.69, 9.17) is 0 Å². The Balaban J connectivity index is 2.00. The molecule has 0 radical (unpaired) electrons. The summed E-state index contributed by atoms with van der Waals surface area (Å²) in [5, 5.41) is 6.39. The molecule has 0 saturated heterocycles. The molecular formula is C19H19BrFN5. The Morgan fingerprint density at radius 1 is 1.00 bits per heavy atom. The molecule has 26 heavy (non-hydrogen) atoms. The number of nitrogens with zero attached hydrogens (tertiary/aromatic N) is 3. The zero-order chi connectivity index (χ0) is 18.7. The number of aromatic nitrogens is 3. The zero-order valence-corrected chi connectivity index (χ0v) is 16.3. The van der Waals surface area contributed by atoms with E-state index in [2.05, 4.69) is 41.5 Å². The summed E-state index contributed by atoms with van der Waals surface area (Å²) in [6, 6.07) is 12.2. The molecule has 5 nitrogen and oxygen atoms in total. The van der Waals surface area contributed by atoms with Gasteiger partial charge in [0.25, 0.3) is 0 Å². The first-order valence-corrected chi connectivity index (χ1v) is 8.90. The Morgan fingerprint density at radius 2 is 1.81 bits per heavy atom. The largest absolute Gasteiger partial charge is 0.350 e. The van der Waals surface area contributed by atoms with Gasteiger partial charge in [0.2, 0.25) is 5.95 Å². The Labute approximate surface area is 160 Å². The monoisotopic (exact) mass is 415 g/mol. The molecule has 0 atom stereocenters. The predicted octanol–water partition coefficient (Wildman–Crippen LogP) is 5.39. The van der Waals surface area contributed by atoms with Crippen LogP contribution < -0.4 is 10.6 Å². The molecule has 0 bridgehead atoms. The average molecular weight is 416 g/mol. The first-order chi connectivity index (χ1) is 12.3. The van der Waals surface area contributed by atoms with Crippen LogP contribution in [0.15, 0.2) is 53.1 Å². The summed E-state index contributed by atoms with van der Waals surface area (Å²) < 4.78 is 14.2. The molecule has 0 unspecified atom stereocenters. The third-order valence-corrected chi connectivity index (χ3v) is 3.98. The topological polar surface area (TPSA) is 62.7 Å². The maximum absolute atomic E-state index is 13.8. The number of rotatable bonds is 4. The van der Waals surface area contributed by atoms with Gasteiger partial charge in [0.05, 0.1) is 15.9 Å². The van der Waals surface area contributed by atoms with Crippen molar-refractivity contribution >= 4 is 33.4 Å². The Morgan fingerprint density at radius 3 is 2.46 bits per heavy atom. The Bertz CT molecular complexity index is 910. The van der Waals surface area contributed by atoms with Crippen LogP contribution in [0.4, 0.5) is 21.8 Å². The van der Waals surface area contributed by atoms with Crippen molar-refractivity contribution in [2.75, 3.05) is 10.6 Å². The second-order valence-corrected chi connectivity index (χ2v) is 7.66. The van der Waals surface area contributed by atoms with Crippen molar-refractivity contribution in [3.05, 3.63) is 59.0 Å². The highest BCUT2D eigenvalue weighted by atomic mass is 79.9. The van der Waals surface area contributed by atoms with Crippen LogP contribution in [0.1, 0.15) is 20.8 Å². The molecule has 0 aliphatic rings. The van der Waals surface area contributed by atoms with Gasteiger partial charge in [-0.05, 0) is 67.0 Å². The highest BCUT2D eigenvalue weighted by Gasteiger charge is 2.14. The summed E-state index contributed by atoms with van der Waals surface area (Å²) in [4.78, 5) is 13.4. The maximum Gasteiger partial charge on any atom is 0.225 e. The number of benzene rings is 1. The van der Waals surface area contributed by atoms with Gasteiger partial charge in [-0.2, -0.15) is 4.98 Å². The minimum Gasteiger partial charge on any atom is -0.350 e. The van der Waals surface area contributed by atoms with E-state index in [1.807, 2.05) is 39.0 Å². The standard InChI is InChI=1S/C19H19BrFN5/c1-19(2,3)26-18-24-16(15-6-4-5-9-22-15)11-17(25-18)23-12-7-8-13(20)14(21)10-12/h4-11H,1-3H3,(H2,23,24,25,26). The molecule has 7 heteroatoms. The molecule has 2 aromatic heterocycles. The van der Waals surface area contributed by atoms with Gasteiger partial charge >= 0.3 is 0 Å². The number of pyridine rings is 1. The van der Waals surface area contributed by atoms with Gasteiger partial charge in [0, 0.05) is 23.5 Å². The summed E-state index contributed by atoms with van der Waals surface area (Å²) in [5.74, 6) is 0.678. The van der Waals surface area contributed by atoms with Crippen LogP contribution in [0, 0.1) is 5.82 Å². The summed E-state index contributed by atoms with van der Waals surface area (Å²) in [6.07, 6.45) is 1.71. The number of halogens is 2.